The second kappa shape index (κ2) is 21.8. The highest BCUT2D eigenvalue weighted by molar-refractivity contribution is 5.90. The molecule has 8 heteroatoms. The normalized spacial score (nSPS) is 27.8. The topological polar surface area (TPSA) is 126 Å². The number of carbonyl (C=O) groups is 1. The molecule has 3 rings (SSSR count). The van der Waals surface area contributed by atoms with E-state index >= 15 is 0 Å². The molecule has 0 amide bonds. The van der Waals surface area contributed by atoms with Crippen molar-refractivity contribution in [2.75, 3.05) is 0 Å². The quantitative estimate of drug-likeness (QED) is 0.0634. The van der Waals surface area contributed by atoms with Crippen molar-refractivity contribution >= 4 is 5.97 Å². The van der Waals surface area contributed by atoms with Gasteiger partial charge in [0.2, 0.25) is 0 Å². The molecule has 0 aromatic carbocycles. The average molecular weight is 639 g/mol. The Morgan fingerprint density at radius 1 is 0.644 bits per heavy atom. The van der Waals surface area contributed by atoms with Crippen LogP contribution in [0.15, 0.2) is 11.6 Å². The summed E-state index contributed by atoms with van der Waals surface area (Å²) in [6.45, 7) is 4.06. The second-order valence-electron chi connectivity index (χ2n) is 14.2. The Hall–Kier alpha value is -1.03. The lowest BCUT2D eigenvalue weighted by atomic mass is 9.98. The van der Waals surface area contributed by atoms with Crippen LogP contribution in [0.4, 0.5) is 0 Å². The third kappa shape index (κ3) is 14.3. The highest BCUT2D eigenvalue weighted by atomic mass is 16.6. The van der Waals surface area contributed by atoms with Gasteiger partial charge in [-0.3, -0.25) is 0 Å². The van der Waals surface area contributed by atoms with Gasteiger partial charge in [-0.2, -0.15) is 0 Å². The van der Waals surface area contributed by atoms with Crippen molar-refractivity contribution in [3.8, 4) is 0 Å². The third-order valence-corrected chi connectivity index (χ3v) is 10.2. The van der Waals surface area contributed by atoms with Crippen LogP contribution in [0.3, 0.4) is 0 Å². The van der Waals surface area contributed by atoms with Crippen molar-refractivity contribution < 1.29 is 39.4 Å². The summed E-state index contributed by atoms with van der Waals surface area (Å²) in [4.78, 5) is 11.7. The van der Waals surface area contributed by atoms with Crippen LogP contribution in [0.2, 0.25) is 0 Å². The highest BCUT2D eigenvalue weighted by Gasteiger charge is 2.40. The standard InChI is InChI=1S/C37H66O8/c1-3-4-5-6-7-8-12-15-18-31(40)33-22-24-35(44-33)36-25-23-34(45-36)32(41)19-16-13-10-9-11-14-17-29(38)30(39)21-20-28-26-27(2)43-37(28)42/h26-27,29-36,38-41H,3-25H2,1-2H3/t27?,29?,30?,31-,32+,33+,34+,35-,36-/m1/s1. The fourth-order valence-electron chi connectivity index (χ4n) is 7.27. The molecule has 8 nitrogen and oxygen atoms in total. The van der Waals surface area contributed by atoms with Crippen LogP contribution in [-0.2, 0) is 19.0 Å². The number of aliphatic hydroxyl groups is 4. The van der Waals surface area contributed by atoms with Crippen LogP contribution < -0.4 is 0 Å². The average Bonchev–Trinajstić information content (AvgIpc) is 3.78. The predicted octanol–water partition coefficient (Wildman–Crippen LogP) is 6.83. The van der Waals surface area contributed by atoms with E-state index in [2.05, 4.69) is 6.92 Å². The van der Waals surface area contributed by atoms with Crippen LogP contribution in [0.1, 0.15) is 162 Å². The molecule has 3 heterocycles. The lowest BCUT2D eigenvalue weighted by Crippen LogP contribution is -2.33. The zero-order valence-corrected chi connectivity index (χ0v) is 28.5. The van der Waals surface area contributed by atoms with Gasteiger partial charge < -0.3 is 34.6 Å². The van der Waals surface area contributed by atoms with E-state index in [4.69, 9.17) is 14.2 Å². The van der Waals surface area contributed by atoms with Crippen molar-refractivity contribution in [1.29, 1.82) is 0 Å². The van der Waals surface area contributed by atoms with Gasteiger partial charge in [0.1, 0.15) is 6.10 Å². The maximum absolute atomic E-state index is 11.7. The molecule has 2 saturated heterocycles. The first-order valence-corrected chi connectivity index (χ1v) is 18.7. The lowest BCUT2D eigenvalue weighted by Gasteiger charge is -2.24. The lowest BCUT2D eigenvalue weighted by molar-refractivity contribution is -0.139. The summed E-state index contributed by atoms with van der Waals surface area (Å²) >= 11 is 0. The van der Waals surface area contributed by atoms with Gasteiger partial charge in [-0.15, -0.1) is 0 Å². The zero-order chi connectivity index (χ0) is 32.4. The number of cyclic esters (lactones) is 1. The summed E-state index contributed by atoms with van der Waals surface area (Å²) < 4.78 is 17.6. The van der Waals surface area contributed by atoms with Crippen molar-refractivity contribution in [1.82, 2.24) is 0 Å². The minimum absolute atomic E-state index is 0.0267. The number of hydrogen-bond donors (Lipinski definition) is 4. The molecule has 262 valence electrons. The molecular weight excluding hydrogens is 572 g/mol. The molecule has 3 aliphatic heterocycles. The monoisotopic (exact) mass is 638 g/mol. The fraction of sp³-hybridized carbons (Fsp3) is 0.919. The smallest absolute Gasteiger partial charge is 0.334 e. The predicted molar refractivity (Wildman–Crippen MR) is 177 cm³/mol. The summed E-state index contributed by atoms with van der Waals surface area (Å²) in [5, 5.41) is 42.0. The first-order valence-electron chi connectivity index (χ1n) is 18.7. The molecule has 3 aliphatic rings. The maximum Gasteiger partial charge on any atom is 0.334 e. The summed E-state index contributed by atoms with van der Waals surface area (Å²) in [6, 6.07) is 0. The Bertz CT molecular complexity index is 833. The van der Waals surface area contributed by atoms with E-state index in [9.17, 15) is 25.2 Å². The van der Waals surface area contributed by atoms with Crippen molar-refractivity contribution in [3.05, 3.63) is 11.6 Å². The maximum atomic E-state index is 11.7. The third-order valence-electron chi connectivity index (χ3n) is 10.2. The van der Waals surface area contributed by atoms with E-state index in [1.165, 1.54) is 44.9 Å². The fourth-order valence-corrected chi connectivity index (χ4v) is 7.27. The SMILES string of the molecule is CCCCCCCCCC[C@@H](O)[C@@H]1CC[C@H]([C@H]2CC[C@@H]([C@@H](O)CCCCCCCCC(O)C(O)CCC3=CC(C)OC3=O)O2)O1. The number of rotatable bonds is 25. The second-order valence-corrected chi connectivity index (χ2v) is 14.2. The zero-order valence-electron chi connectivity index (χ0n) is 28.5. The molecule has 4 N–H and O–H groups in total. The number of hydrogen-bond acceptors (Lipinski definition) is 8. The summed E-state index contributed by atoms with van der Waals surface area (Å²) in [5.41, 5.74) is 0.592. The number of carbonyl (C=O) groups excluding carboxylic acids is 1. The molecule has 0 radical (unpaired) electrons. The summed E-state index contributed by atoms with van der Waals surface area (Å²) in [5.74, 6) is -0.315. The Morgan fingerprint density at radius 3 is 1.56 bits per heavy atom. The van der Waals surface area contributed by atoms with E-state index in [-0.39, 0.29) is 42.6 Å². The Balaban J connectivity index is 1.15. The number of unbranched alkanes of at least 4 members (excludes halogenated alkanes) is 12. The number of ether oxygens (including phenoxy) is 3. The van der Waals surface area contributed by atoms with Crippen LogP contribution in [-0.4, -0.2) is 81.3 Å². The van der Waals surface area contributed by atoms with Crippen molar-refractivity contribution in [2.24, 2.45) is 0 Å². The summed E-state index contributed by atoms with van der Waals surface area (Å²) in [6.07, 6.45) is 21.8. The van der Waals surface area contributed by atoms with Gasteiger partial charge in [-0.05, 0) is 70.8 Å². The summed E-state index contributed by atoms with van der Waals surface area (Å²) in [7, 11) is 0. The largest absolute Gasteiger partial charge is 0.455 e. The van der Waals surface area contributed by atoms with E-state index in [0.717, 1.165) is 83.5 Å². The Morgan fingerprint density at radius 2 is 1.09 bits per heavy atom. The van der Waals surface area contributed by atoms with E-state index in [1.54, 1.807) is 6.08 Å². The number of aliphatic hydroxyl groups excluding tert-OH is 4. The van der Waals surface area contributed by atoms with E-state index < -0.39 is 18.3 Å². The molecule has 0 saturated carbocycles. The van der Waals surface area contributed by atoms with Gasteiger partial charge >= 0.3 is 5.97 Å². The number of esters is 1. The first-order chi connectivity index (χ1) is 21.8. The van der Waals surface area contributed by atoms with Crippen LogP contribution in [0.25, 0.3) is 0 Å². The Kier molecular flexibility index (Phi) is 18.6. The molecule has 0 aromatic heterocycles. The van der Waals surface area contributed by atoms with E-state index in [1.807, 2.05) is 6.92 Å². The molecule has 0 bridgehead atoms. The molecule has 0 aliphatic carbocycles. The van der Waals surface area contributed by atoms with Gasteiger partial charge in [0, 0.05) is 5.57 Å². The molecule has 0 spiro atoms. The van der Waals surface area contributed by atoms with Crippen LogP contribution in [0.5, 0.6) is 0 Å². The van der Waals surface area contributed by atoms with E-state index in [0.29, 0.717) is 24.8 Å². The van der Waals surface area contributed by atoms with Gasteiger partial charge in [0.15, 0.2) is 0 Å². The molecule has 9 atom stereocenters. The van der Waals surface area contributed by atoms with Gasteiger partial charge in [-0.1, -0.05) is 96.8 Å². The van der Waals surface area contributed by atoms with Gasteiger partial charge in [-0.25, -0.2) is 4.79 Å². The van der Waals surface area contributed by atoms with Crippen molar-refractivity contribution in [3.63, 3.8) is 0 Å². The molecule has 45 heavy (non-hydrogen) atoms. The van der Waals surface area contributed by atoms with Crippen molar-refractivity contribution in [2.45, 2.75) is 216 Å². The van der Waals surface area contributed by atoms with Crippen LogP contribution in [0, 0.1) is 0 Å². The Labute approximate surface area is 273 Å². The molecule has 0 aromatic rings. The first kappa shape index (κ1) is 38.4. The minimum atomic E-state index is -0.828. The van der Waals surface area contributed by atoms with Gasteiger partial charge in [0.25, 0.3) is 0 Å². The molecule has 3 unspecified atom stereocenters. The molecular formula is C37H66O8. The highest BCUT2D eigenvalue weighted by Crippen LogP contribution is 2.34. The van der Waals surface area contributed by atoms with Crippen LogP contribution >= 0.6 is 0 Å². The van der Waals surface area contributed by atoms with Gasteiger partial charge in [0.05, 0.1) is 48.8 Å². The molecule has 2 fully saturated rings. The minimum Gasteiger partial charge on any atom is -0.455 e.